The zero-order valence-electron chi connectivity index (χ0n) is 11.5. The Morgan fingerprint density at radius 1 is 1.14 bits per heavy atom. The van der Waals surface area contributed by atoms with Gasteiger partial charge in [-0.25, -0.2) is 13.8 Å². The highest BCUT2D eigenvalue weighted by molar-refractivity contribution is 5.78. The van der Waals surface area contributed by atoms with Crippen molar-refractivity contribution in [3.8, 4) is 5.69 Å². The summed E-state index contributed by atoms with van der Waals surface area (Å²) in [5.74, 6) is -0.581. The second kappa shape index (κ2) is 5.12. The summed E-state index contributed by atoms with van der Waals surface area (Å²) in [4.78, 5) is 27.2. The first kappa shape index (κ1) is 14.0. The lowest BCUT2D eigenvalue weighted by molar-refractivity contribution is 0.612. The molecule has 112 valence electrons. The minimum absolute atomic E-state index is 0.0230. The van der Waals surface area contributed by atoms with Crippen LogP contribution in [0.3, 0.4) is 0 Å². The molecule has 3 aromatic rings. The Morgan fingerprint density at radius 2 is 1.82 bits per heavy atom. The highest BCUT2D eigenvalue weighted by Crippen LogP contribution is 2.14. The quantitative estimate of drug-likeness (QED) is 0.610. The number of rotatable bonds is 2. The van der Waals surface area contributed by atoms with Crippen LogP contribution < -0.4 is 22.7 Å². The number of nitrogens with two attached hydrogens (primary N) is 2. The molecular weight excluding hydrogens is 287 g/mol. The Kier molecular flexibility index (Phi) is 3.26. The SMILES string of the molecule is NCc1cc2[nH]c(=O)n(-c3ccc(N)cc3)c(=O)c2cc1F. The van der Waals surface area contributed by atoms with Crippen molar-refractivity contribution in [2.45, 2.75) is 6.54 Å². The third-order valence-electron chi connectivity index (χ3n) is 3.44. The smallest absolute Gasteiger partial charge is 0.333 e. The molecule has 0 amide bonds. The molecule has 0 saturated heterocycles. The number of benzene rings is 2. The third-order valence-corrected chi connectivity index (χ3v) is 3.44. The zero-order chi connectivity index (χ0) is 15.9. The average molecular weight is 300 g/mol. The summed E-state index contributed by atoms with van der Waals surface area (Å²) in [7, 11) is 0. The molecule has 0 aliphatic rings. The summed E-state index contributed by atoms with van der Waals surface area (Å²) < 4.78 is 14.8. The van der Waals surface area contributed by atoms with Gasteiger partial charge >= 0.3 is 5.69 Å². The fourth-order valence-electron chi connectivity index (χ4n) is 2.30. The summed E-state index contributed by atoms with van der Waals surface area (Å²) >= 11 is 0. The van der Waals surface area contributed by atoms with Gasteiger partial charge in [0, 0.05) is 17.8 Å². The van der Waals surface area contributed by atoms with Gasteiger partial charge in [-0.1, -0.05) is 0 Å². The molecule has 6 nitrogen and oxygen atoms in total. The van der Waals surface area contributed by atoms with E-state index in [-0.39, 0.29) is 23.0 Å². The molecule has 22 heavy (non-hydrogen) atoms. The molecule has 0 fully saturated rings. The molecular formula is C15H13FN4O2. The van der Waals surface area contributed by atoms with Gasteiger partial charge in [-0.15, -0.1) is 0 Å². The molecule has 3 rings (SSSR count). The standard InChI is InChI=1S/C15H13FN4O2/c16-12-6-11-13(5-8(12)7-17)19-15(22)20(14(11)21)10-3-1-9(18)2-4-10/h1-6H,7,17-18H2,(H,19,22). The van der Waals surface area contributed by atoms with E-state index in [1.54, 1.807) is 24.3 Å². The van der Waals surface area contributed by atoms with Crippen LogP contribution in [0, 0.1) is 5.82 Å². The van der Waals surface area contributed by atoms with Crippen LogP contribution in [0.5, 0.6) is 0 Å². The normalized spacial score (nSPS) is 11.0. The zero-order valence-corrected chi connectivity index (χ0v) is 11.5. The molecule has 0 aliphatic heterocycles. The Morgan fingerprint density at radius 3 is 2.45 bits per heavy atom. The van der Waals surface area contributed by atoms with E-state index in [1.807, 2.05) is 0 Å². The second-order valence-electron chi connectivity index (χ2n) is 4.86. The summed E-state index contributed by atoms with van der Waals surface area (Å²) in [6.07, 6.45) is 0. The number of aromatic amines is 1. The van der Waals surface area contributed by atoms with E-state index in [0.717, 1.165) is 10.6 Å². The van der Waals surface area contributed by atoms with Gasteiger partial charge in [0.25, 0.3) is 5.56 Å². The van der Waals surface area contributed by atoms with Crippen LogP contribution in [0.2, 0.25) is 0 Å². The van der Waals surface area contributed by atoms with Crippen LogP contribution in [0.4, 0.5) is 10.1 Å². The minimum atomic E-state index is -0.614. The third kappa shape index (κ3) is 2.17. The summed E-state index contributed by atoms with van der Waals surface area (Å²) in [6, 6.07) is 8.70. The molecule has 1 aromatic heterocycles. The van der Waals surface area contributed by atoms with E-state index < -0.39 is 17.1 Å². The maximum atomic E-state index is 13.9. The Bertz CT molecular complexity index is 974. The van der Waals surface area contributed by atoms with Gasteiger partial charge in [-0.05, 0) is 36.4 Å². The minimum Gasteiger partial charge on any atom is -0.399 e. The van der Waals surface area contributed by atoms with Gasteiger partial charge < -0.3 is 16.5 Å². The molecule has 7 heteroatoms. The lowest BCUT2D eigenvalue weighted by atomic mass is 10.1. The highest BCUT2D eigenvalue weighted by Gasteiger charge is 2.12. The molecule has 0 spiro atoms. The fraction of sp³-hybridized carbons (Fsp3) is 0.0667. The summed E-state index contributed by atoms with van der Waals surface area (Å²) in [5.41, 5.74) is 11.1. The molecule has 0 saturated carbocycles. The van der Waals surface area contributed by atoms with E-state index in [0.29, 0.717) is 11.4 Å². The van der Waals surface area contributed by atoms with Gasteiger partial charge in [-0.2, -0.15) is 0 Å². The Balaban J connectivity index is 2.36. The van der Waals surface area contributed by atoms with E-state index in [4.69, 9.17) is 11.5 Å². The number of hydrogen-bond acceptors (Lipinski definition) is 4. The van der Waals surface area contributed by atoms with Crippen LogP contribution in [-0.2, 0) is 6.54 Å². The maximum absolute atomic E-state index is 13.9. The van der Waals surface area contributed by atoms with Crippen molar-refractivity contribution in [1.82, 2.24) is 9.55 Å². The molecule has 5 N–H and O–H groups in total. The van der Waals surface area contributed by atoms with E-state index in [2.05, 4.69) is 4.98 Å². The second-order valence-corrected chi connectivity index (χ2v) is 4.86. The van der Waals surface area contributed by atoms with Crippen molar-refractivity contribution < 1.29 is 4.39 Å². The predicted octanol–water partition coefficient (Wildman–Crippen LogP) is 0.859. The molecule has 0 unspecified atom stereocenters. The number of nitrogens with one attached hydrogen (secondary N) is 1. The predicted molar refractivity (Wildman–Crippen MR) is 82.4 cm³/mol. The number of nitrogens with zero attached hydrogens (tertiary/aromatic N) is 1. The first-order valence-electron chi connectivity index (χ1n) is 6.54. The fourth-order valence-corrected chi connectivity index (χ4v) is 2.30. The van der Waals surface area contributed by atoms with Crippen LogP contribution in [0.15, 0.2) is 46.0 Å². The topological polar surface area (TPSA) is 107 Å². The first-order valence-corrected chi connectivity index (χ1v) is 6.54. The van der Waals surface area contributed by atoms with Crippen molar-refractivity contribution in [2.24, 2.45) is 5.73 Å². The largest absolute Gasteiger partial charge is 0.399 e. The van der Waals surface area contributed by atoms with Gasteiger partial charge in [0.15, 0.2) is 0 Å². The van der Waals surface area contributed by atoms with Gasteiger partial charge in [0.2, 0.25) is 0 Å². The van der Waals surface area contributed by atoms with Gasteiger partial charge in [0.1, 0.15) is 5.82 Å². The van der Waals surface area contributed by atoms with Crippen molar-refractivity contribution in [3.63, 3.8) is 0 Å². The average Bonchev–Trinajstić information content (AvgIpc) is 2.49. The maximum Gasteiger partial charge on any atom is 0.333 e. The van der Waals surface area contributed by atoms with Crippen LogP contribution in [0.25, 0.3) is 16.6 Å². The highest BCUT2D eigenvalue weighted by atomic mass is 19.1. The number of fused-ring (bicyclic) bond motifs is 1. The number of aromatic nitrogens is 2. The summed E-state index contributed by atoms with van der Waals surface area (Å²) in [5, 5.41) is 0.0751. The van der Waals surface area contributed by atoms with Crippen molar-refractivity contribution >= 4 is 16.6 Å². The van der Waals surface area contributed by atoms with Crippen LogP contribution in [0.1, 0.15) is 5.56 Å². The van der Waals surface area contributed by atoms with Gasteiger partial charge in [-0.3, -0.25) is 4.79 Å². The molecule has 0 aliphatic carbocycles. The molecule has 0 bridgehead atoms. The van der Waals surface area contributed by atoms with Crippen molar-refractivity contribution in [3.05, 3.63) is 68.6 Å². The van der Waals surface area contributed by atoms with Crippen LogP contribution in [-0.4, -0.2) is 9.55 Å². The Labute approximate surface area is 123 Å². The lowest BCUT2D eigenvalue weighted by Crippen LogP contribution is -2.33. The van der Waals surface area contributed by atoms with E-state index >= 15 is 0 Å². The molecule has 1 heterocycles. The van der Waals surface area contributed by atoms with Crippen molar-refractivity contribution in [2.75, 3.05) is 5.73 Å². The summed E-state index contributed by atoms with van der Waals surface area (Å²) in [6.45, 7) is -0.0230. The molecule has 0 radical (unpaired) electrons. The number of anilines is 1. The number of nitrogen functional groups attached to an aromatic ring is 1. The van der Waals surface area contributed by atoms with Crippen molar-refractivity contribution in [1.29, 1.82) is 0 Å². The lowest BCUT2D eigenvalue weighted by Gasteiger charge is -2.08. The monoisotopic (exact) mass is 300 g/mol. The van der Waals surface area contributed by atoms with Gasteiger partial charge in [0.05, 0.1) is 16.6 Å². The number of H-pyrrole nitrogens is 1. The van der Waals surface area contributed by atoms with E-state index in [9.17, 15) is 14.0 Å². The molecule has 2 aromatic carbocycles. The number of hydrogen-bond donors (Lipinski definition) is 3. The first-order chi connectivity index (χ1) is 10.5. The van der Waals surface area contributed by atoms with Crippen LogP contribution >= 0.6 is 0 Å². The number of halogens is 1. The molecule has 0 atom stereocenters. The Hall–Kier alpha value is -2.93. The van der Waals surface area contributed by atoms with E-state index in [1.165, 1.54) is 6.07 Å².